The van der Waals surface area contributed by atoms with Crippen LogP contribution in [0.3, 0.4) is 0 Å². The van der Waals surface area contributed by atoms with Crippen molar-refractivity contribution in [2.24, 2.45) is 0 Å². The number of halogens is 2. The first kappa shape index (κ1) is 13.6. The van der Waals surface area contributed by atoms with Gasteiger partial charge in [-0.15, -0.1) is 0 Å². The Morgan fingerprint density at radius 3 is 2.79 bits per heavy atom. The smallest absolute Gasteiger partial charge is 0.412 e. The third-order valence-corrected chi connectivity index (χ3v) is 2.52. The Labute approximate surface area is 114 Å². The van der Waals surface area contributed by atoms with Crippen molar-refractivity contribution in [2.45, 2.75) is 26.4 Å². The first-order valence-corrected chi connectivity index (χ1v) is 5.97. The van der Waals surface area contributed by atoms with E-state index in [1.807, 2.05) is 0 Å². The van der Waals surface area contributed by atoms with Crippen LogP contribution in [0.15, 0.2) is 12.1 Å². The molecule has 1 aromatic heterocycles. The molecule has 2 rings (SSSR count). The monoisotopic (exact) mass is 285 g/mol. The highest BCUT2D eigenvalue weighted by atomic mass is 35.5. The van der Waals surface area contributed by atoms with Crippen LogP contribution in [-0.2, 0) is 4.74 Å². The Morgan fingerprint density at radius 1 is 1.47 bits per heavy atom. The van der Waals surface area contributed by atoms with Gasteiger partial charge in [-0.05, 0) is 26.8 Å². The van der Waals surface area contributed by atoms with Crippen molar-refractivity contribution in [3.63, 3.8) is 0 Å². The maximum Gasteiger partial charge on any atom is 0.412 e. The Morgan fingerprint density at radius 2 is 2.16 bits per heavy atom. The van der Waals surface area contributed by atoms with E-state index in [1.165, 1.54) is 12.1 Å². The molecule has 0 aliphatic heterocycles. The van der Waals surface area contributed by atoms with Gasteiger partial charge in [0, 0.05) is 11.5 Å². The number of anilines is 1. The van der Waals surface area contributed by atoms with Crippen molar-refractivity contribution < 1.29 is 13.9 Å². The SMILES string of the molecule is CC(C)(C)OC(=O)Nc1cc2c(Cl)[nH]nc2cc1F. The van der Waals surface area contributed by atoms with Gasteiger partial charge in [0.15, 0.2) is 0 Å². The number of nitrogens with one attached hydrogen (secondary N) is 2. The molecule has 7 heteroatoms. The van der Waals surface area contributed by atoms with Crippen molar-refractivity contribution in [1.29, 1.82) is 0 Å². The zero-order chi connectivity index (χ0) is 14.2. The summed E-state index contributed by atoms with van der Waals surface area (Å²) in [6, 6.07) is 2.59. The van der Waals surface area contributed by atoms with Crippen LogP contribution in [0.5, 0.6) is 0 Å². The van der Waals surface area contributed by atoms with E-state index in [1.54, 1.807) is 20.8 Å². The molecule has 0 saturated carbocycles. The number of rotatable bonds is 1. The van der Waals surface area contributed by atoms with E-state index in [0.29, 0.717) is 10.9 Å². The third kappa shape index (κ3) is 3.14. The second-order valence-corrected chi connectivity index (χ2v) is 5.39. The predicted molar refractivity (Wildman–Crippen MR) is 70.9 cm³/mol. The summed E-state index contributed by atoms with van der Waals surface area (Å²) >= 11 is 5.86. The lowest BCUT2D eigenvalue weighted by Crippen LogP contribution is -2.27. The highest BCUT2D eigenvalue weighted by Gasteiger charge is 2.18. The summed E-state index contributed by atoms with van der Waals surface area (Å²) < 4.78 is 18.8. The molecule has 0 bridgehead atoms. The Hall–Kier alpha value is -1.82. The molecule has 0 atom stereocenters. The molecular weight excluding hydrogens is 273 g/mol. The van der Waals surface area contributed by atoms with E-state index >= 15 is 0 Å². The molecule has 0 aliphatic carbocycles. The molecule has 2 N–H and O–H groups in total. The summed E-state index contributed by atoms with van der Waals surface area (Å²) in [4.78, 5) is 11.6. The lowest BCUT2D eigenvalue weighted by atomic mass is 10.2. The van der Waals surface area contributed by atoms with Crippen LogP contribution in [0.4, 0.5) is 14.9 Å². The molecule has 5 nitrogen and oxygen atoms in total. The van der Waals surface area contributed by atoms with Gasteiger partial charge in [0.2, 0.25) is 0 Å². The molecule has 0 fully saturated rings. The minimum Gasteiger partial charge on any atom is -0.444 e. The van der Waals surface area contributed by atoms with Crippen molar-refractivity contribution in [1.82, 2.24) is 10.2 Å². The first-order valence-electron chi connectivity index (χ1n) is 5.59. The largest absolute Gasteiger partial charge is 0.444 e. The Balaban J connectivity index is 2.27. The summed E-state index contributed by atoms with van der Waals surface area (Å²) in [6.07, 6.45) is -0.731. The zero-order valence-corrected chi connectivity index (χ0v) is 11.4. The lowest BCUT2D eigenvalue weighted by Gasteiger charge is -2.19. The lowest BCUT2D eigenvalue weighted by molar-refractivity contribution is 0.0635. The van der Waals surface area contributed by atoms with Crippen LogP contribution in [0.1, 0.15) is 20.8 Å². The summed E-state index contributed by atoms with van der Waals surface area (Å²) in [6.45, 7) is 5.16. The van der Waals surface area contributed by atoms with Gasteiger partial charge in [-0.1, -0.05) is 11.6 Å². The van der Waals surface area contributed by atoms with E-state index in [9.17, 15) is 9.18 Å². The molecule has 1 amide bonds. The minimum absolute atomic E-state index is 0.00921. The van der Waals surface area contributed by atoms with Crippen LogP contribution in [-0.4, -0.2) is 21.9 Å². The van der Waals surface area contributed by atoms with Gasteiger partial charge in [0.05, 0.1) is 11.2 Å². The molecular formula is C12H13ClFN3O2. The second-order valence-electron chi connectivity index (χ2n) is 5.01. The number of H-pyrrole nitrogens is 1. The number of benzene rings is 1. The summed E-state index contributed by atoms with van der Waals surface area (Å²) in [5.74, 6) is -0.610. The van der Waals surface area contributed by atoms with Gasteiger partial charge < -0.3 is 4.74 Å². The van der Waals surface area contributed by atoms with Crippen LogP contribution in [0.2, 0.25) is 5.15 Å². The van der Waals surface area contributed by atoms with Crippen molar-refractivity contribution >= 4 is 34.3 Å². The van der Waals surface area contributed by atoms with E-state index in [-0.39, 0.29) is 10.8 Å². The second kappa shape index (κ2) is 4.70. The van der Waals surface area contributed by atoms with Crippen molar-refractivity contribution in [2.75, 3.05) is 5.32 Å². The first-order chi connectivity index (χ1) is 8.76. The number of nitrogens with zero attached hydrogens (tertiary/aromatic N) is 1. The van der Waals surface area contributed by atoms with E-state index < -0.39 is 17.5 Å². The molecule has 0 radical (unpaired) electrons. The molecule has 19 heavy (non-hydrogen) atoms. The molecule has 0 saturated heterocycles. The fourth-order valence-electron chi connectivity index (χ4n) is 1.51. The number of carbonyl (C=O) groups excluding carboxylic acids is 1. The maximum atomic E-state index is 13.8. The topological polar surface area (TPSA) is 67.0 Å². The van der Waals surface area contributed by atoms with Crippen LogP contribution < -0.4 is 5.32 Å². The van der Waals surface area contributed by atoms with Crippen LogP contribution >= 0.6 is 11.6 Å². The Bertz CT molecular complexity index is 634. The number of hydrogen-bond donors (Lipinski definition) is 2. The predicted octanol–water partition coefficient (Wildman–Crippen LogP) is 3.70. The molecule has 2 aromatic rings. The fraction of sp³-hybridized carbons (Fsp3) is 0.333. The van der Waals surface area contributed by atoms with Crippen LogP contribution in [0.25, 0.3) is 10.9 Å². The number of carbonyl (C=O) groups is 1. The summed E-state index contributed by atoms with van der Waals surface area (Å²) in [7, 11) is 0. The van der Waals surface area contributed by atoms with Gasteiger partial charge in [-0.3, -0.25) is 10.4 Å². The average molecular weight is 286 g/mol. The summed E-state index contributed by atoms with van der Waals surface area (Å²) in [5, 5.41) is 9.49. The molecule has 1 heterocycles. The number of aromatic amines is 1. The van der Waals surface area contributed by atoms with Crippen LogP contribution in [0, 0.1) is 5.82 Å². The normalized spacial score (nSPS) is 11.6. The fourth-order valence-corrected chi connectivity index (χ4v) is 1.70. The van der Waals surface area contributed by atoms with E-state index in [0.717, 1.165) is 0 Å². The number of aromatic nitrogens is 2. The summed E-state index contributed by atoms with van der Waals surface area (Å²) in [5.41, 5.74) is -0.278. The Kier molecular flexibility index (Phi) is 3.36. The van der Waals surface area contributed by atoms with Crippen molar-refractivity contribution in [3.8, 4) is 0 Å². The van der Waals surface area contributed by atoms with Gasteiger partial charge in [0.25, 0.3) is 0 Å². The number of ether oxygens (including phenoxy) is 1. The van der Waals surface area contributed by atoms with Gasteiger partial charge in [-0.2, -0.15) is 5.10 Å². The number of hydrogen-bond acceptors (Lipinski definition) is 3. The molecule has 0 spiro atoms. The van der Waals surface area contributed by atoms with Crippen molar-refractivity contribution in [3.05, 3.63) is 23.1 Å². The molecule has 1 aromatic carbocycles. The van der Waals surface area contributed by atoms with Gasteiger partial charge >= 0.3 is 6.09 Å². The zero-order valence-electron chi connectivity index (χ0n) is 10.7. The van der Waals surface area contributed by atoms with E-state index in [4.69, 9.17) is 16.3 Å². The van der Waals surface area contributed by atoms with Gasteiger partial charge in [0.1, 0.15) is 16.6 Å². The third-order valence-electron chi connectivity index (χ3n) is 2.23. The highest BCUT2D eigenvalue weighted by Crippen LogP contribution is 2.26. The maximum absolute atomic E-state index is 13.8. The quantitative estimate of drug-likeness (QED) is 0.839. The highest BCUT2D eigenvalue weighted by molar-refractivity contribution is 6.34. The van der Waals surface area contributed by atoms with E-state index in [2.05, 4.69) is 15.5 Å². The number of fused-ring (bicyclic) bond motifs is 1. The standard InChI is InChI=1S/C12H13ClFN3O2/c1-12(2,3)19-11(18)15-9-4-6-8(5-7(9)14)16-17-10(6)13/h4-5H,1-3H3,(H,15,18)(H,16,17). The average Bonchev–Trinajstić information content (AvgIpc) is 2.58. The number of amides is 1. The minimum atomic E-state index is -0.731. The molecule has 102 valence electrons. The molecule has 0 unspecified atom stereocenters. The molecule has 0 aliphatic rings. The van der Waals surface area contributed by atoms with Gasteiger partial charge in [-0.25, -0.2) is 9.18 Å².